The topological polar surface area (TPSA) is 37.3 Å². The van der Waals surface area contributed by atoms with Gasteiger partial charge < -0.3 is 5.11 Å². The Morgan fingerprint density at radius 1 is 1.10 bits per heavy atom. The number of aliphatic hydroxyl groups is 1. The number of Topliss-reactive ketones (excluding diaryl/α,β-unsaturated/α-hetero) is 1. The Kier molecular flexibility index (Phi) is 2.94. The highest BCUT2D eigenvalue weighted by molar-refractivity contribution is 5.88. The van der Waals surface area contributed by atoms with Gasteiger partial charge in [-0.15, -0.1) is 0 Å². The molecule has 1 aromatic rings. The molecule has 4 atom stereocenters. The van der Waals surface area contributed by atoms with Crippen LogP contribution in [0.1, 0.15) is 30.7 Å². The number of halogens is 3. The minimum atomic E-state index is -4.77. The van der Waals surface area contributed by atoms with Gasteiger partial charge in [0.25, 0.3) is 0 Å². The first-order valence-corrected chi connectivity index (χ1v) is 6.72. The molecule has 2 bridgehead atoms. The van der Waals surface area contributed by atoms with Crippen molar-refractivity contribution in [1.82, 2.24) is 0 Å². The molecule has 0 amide bonds. The predicted molar refractivity (Wildman–Crippen MR) is 66.0 cm³/mol. The van der Waals surface area contributed by atoms with E-state index in [0.717, 1.165) is 0 Å². The fourth-order valence-electron chi connectivity index (χ4n) is 3.75. The molecule has 2 aliphatic rings. The van der Waals surface area contributed by atoms with Crippen LogP contribution in [0.3, 0.4) is 0 Å². The van der Waals surface area contributed by atoms with Gasteiger partial charge in [-0.3, -0.25) is 4.79 Å². The van der Waals surface area contributed by atoms with E-state index in [9.17, 15) is 23.1 Å². The van der Waals surface area contributed by atoms with Crippen LogP contribution in [0.25, 0.3) is 0 Å². The Morgan fingerprint density at radius 3 is 2.35 bits per heavy atom. The molecule has 0 radical (unpaired) electrons. The van der Waals surface area contributed by atoms with Crippen molar-refractivity contribution in [2.75, 3.05) is 0 Å². The minimum absolute atomic E-state index is 0.128. The van der Waals surface area contributed by atoms with Crippen molar-refractivity contribution in [1.29, 1.82) is 0 Å². The summed E-state index contributed by atoms with van der Waals surface area (Å²) in [5.74, 6) is -2.64. The normalized spacial score (nSPS) is 37.2. The molecule has 2 aliphatic carbocycles. The summed E-state index contributed by atoms with van der Waals surface area (Å²) < 4.78 is 39.7. The Balaban J connectivity index is 2.04. The maximum Gasteiger partial charge on any atom is 0.417 e. The fraction of sp³-hybridized carbons (Fsp3) is 0.533. The molecule has 20 heavy (non-hydrogen) atoms. The lowest BCUT2D eigenvalue weighted by Crippen LogP contribution is -2.57. The molecule has 0 aromatic heterocycles. The van der Waals surface area contributed by atoms with Crippen LogP contribution >= 0.6 is 0 Å². The average Bonchev–Trinajstić information content (AvgIpc) is 2.68. The summed E-state index contributed by atoms with van der Waals surface area (Å²) in [4.78, 5) is 12.2. The number of rotatable bonds is 1. The van der Waals surface area contributed by atoms with Crippen molar-refractivity contribution in [3.63, 3.8) is 0 Å². The van der Waals surface area contributed by atoms with Gasteiger partial charge in [0.05, 0.1) is 5.92 Å². The van der Waals surface area contributed by atoms with E-state index in [0.29, 0.717) is 12.0 Å². The number of alkyl halides is 3. The second-order valence-electron chi connectivity index (χ2n) is 5.78. The van der Waals surface area contributed by atoms with Crippen molar-refractivity contribution in [3.8, 4) is 0 Å². The number of benzene rings is 1. The van der Waals surface area contributed by atoms with Crippen LogP contribution in [-0.4, -0.2) is 22.7 Å². The molecule has 0 saturated heterocycles. The lowest BCUT2D eigenvalue weighted by molar-refractivity contribution is -0.282. The summed E-state index contributed by atoms with van der Waals surface area (Å²) >= 11 is 0. The zero-order chi connectivity index (χ0) is 14.5. The standard InChI is InChI=1S/C15H15F3O2/c16-15(17,18)14(20)8-11(9-4-2-1-3-5-9)10-6-7-12(14)13(10)19/h1-5,10-12,20H,6-8H2/t10-,11-,12-,14-/m0/s1. The quantitative estimate of drug-likeness (QED) is 0.860. The summed E-state index contributed by atoms with van der Waals surface area (Å²) in [6.45, 7) is 0. The summed E-state index contributed by atoms with van der Waals surface area (Å²) in [6.07, 6.45) is -4.62. The Hall–Kier alpha value is -1.36. The van der Waals surface area contributed by atoms with Crippen LogP contribution in [0.4, 0.5) is 13.2 Å². The molecule has 2 saturated carbocycles. The molecule has 1 N–H and O–H groups in total. The number of fused-ring (bicyclic) bond motifs is 2. The van der Waals surface area contributed by atoms with Crippen molar-refractivity contribution in [3.05, 3.63) is 35.9 Å². The first-order valence-electron chi connectivity index (χ1n) is 6.72. The second-order valence-corrected chi connectivity index (χ2v) is 5.78. The Bertz CT molecular complexity index is 526. The highest BCUT2D eigenvalue weighted by Crippen LogP contribution is 2.56. The highest BCUT2D eigenvalue weighted by atomic mass is 19.4. The van der Waals surface area contributed by atoms with Crippen LogP contribution in [0.2, 0.25) is 0 Å². The number of hydrogen-bond acceptors (Lipinski definition) is 2. The van der Waals surface area contributed by atoms with Crippen LogP contribution in [0, 0.1) is 11.8 Å². The van der Waals surface area contributed by atoms with E-state index >= 15 is 0 Å². The molecule has 3 rings (SSSR count). The van der Waals surface area contributed by atoms with Crippen molar-refractivity contribution < 1.29 is 23.1 Å². The molecule has 5 heteroatoms. The Labute approximate surface area is 114 Å². The van der Waals surface area contributed by atoms with E-state index in [1.807, 2.05) is 0 Å². The first kappa shape index (κ1) is 13.6. The van der Waals surface area contributed by atoms with Gasteiger partial charge in [0, 0.05) is 5.92 Å². The Morgan fingerprint density at radius 2 is 1.75 bits per heavy atom. The summed E-state index contributed by atoms with van der Waals surface area (Å²) in [7, 11) is 0. The van der Waals surface area contributed by atoms with E-state index in [-0.39, 0.29) is 12.3 Å². The molecular weight excluding hydrogens is 269 g/mol. The summed E-state index contributed by atoms with van der Waals surface area (Å²) in [5, 5.41) is 10.2. The van der Waals surface area contributed by atoms with Crippen LogP contribution in [0.5, 0.6) is 0 Å². The number of ketones is 1. The molecule has 2 fully saturated rings. The van der Waals surface area contributed by atoms with Gasteiger partial charge in [-0.25, -0.2) is 0 Å². The number of carbonyl (C=O) groups is 1. The van der Waals surface area contributed by atoms with Crippen LogP contribution in [0.15, 0.2) is 30.3 Å². The predicted octanol–water partition coefficient (Wildman–Crippen LogP) is 3.06. The second kappa shape index (κ2) is 4.32. The smallest absolute Gasteiger partial charge is 0.380 e. The van der Waals surface area contributed by atoms with Gasteiger partial charge >= 0.3 is 6.18 Å². The molecular formula is C15H15F3O2. The maximum atomic E-state index is 13.2. The molecule has 0 spiro atoms. The van der Waals surface area contributed by atoms with Crippen LogP contribution in [-0.2, 0) is 4.79 Å². The van der Waals surface area contributed by atoms with Gasteiger partial charge in [0.15, 0.2) is 5.60 Å². The third-order valence-electron chi connectivity index (χ3n) is 4.79. The minimum Gasteiger partial charge on any atom is -0.380 e. The highest BCUT2D eigenvalue weighted by Gasteiger charge is 2.67. The molecule has 0 heterocycles. The first-order chi connectivity index (χ1) is 9.34. The van der Waals surface area contributed by atoms with Gasteiger partial charge in [0.1, 0.15) is 5.78 Å². The van der Waals surface area contributed by atoms with Crippen molar-refractivity contribution in [2.45, 2.75) is 37.0 Å². The van der Waals surface area contributed by atoms with E-state index < -0.39 is 35.8 Å². The van der Waals surface area contributed by atoms with Crippen LogP contribution < -0.4 is 0 Å². The zero-order valence-electron chi connectivity index (χ0n) is 10.7. The zero-order valence-corrected chi connectivity index (χ0v) is 10.7. The molecule has 0 aliphatic heterocycles. The molecule has 108 valence electrons. The summed E-state index contributed by atoms with van der Waals surface area (Å²) in [6, 6.07) is 8.73. The average molecular weight is 284 g/mol. The summed E-state index contributed by atoms with van der Waals surface area (Å²) in [5.41, 5.74) is -2.17. The lowest BCUT2D eigenvalue weighted by Gasteiger charge is -2.42. The van der Waals surface area contributed by atoms with Gasteiger partial charge in [-0.05, 0) is 30.7 Å². The molecule has 0 unspecified atom stereocenters. The SMILES string of the molecule is O=C1[C@H]2CC[C@@H]1[C@](O)(C(F)(F)F)C[C@H]2c1ccccc1. The van der Waals surface area contributed by atoms with Crippen molar-refractivity contribution >= 4 is 5.78 Å². The van der Waals surface area contributed by atoms with E-state index in [4.69, 9.17) is 0 Å². The van der Waals surface area contributed by atoms with E-state index in [1.54, 1.807) is 30.3 Å². The number of hydrogen-bond donors (Lipinski definition) is 1. The van der Waals surface area contributed by atoms with E-state index in [2.05, 4.69) is 0 Å². The van der Waals surface area contributed by atoms with Gasteiger partial charge in [0.2, 0.25) is 0 Å². The fourth-order valence-corrected chi connectivity index (χ4v) is 3.75. The largest absolute Gasteiger partial charge is 0.417 e. The van der Waals surface area contributed by atoms with Gasteiger partial charge in [-0.2, -0.15) is 13.2 Å². The monoisotopic (exact) mass is 284 g/mol. The van der Waals surface area contributed by atoms with Crippen molar-refractivity contribution in [2.24, 2.45) is 11.8 Å². The van der Waals surface area contributed by atoms with Gasteiger partial charge in [-0.1, -0.05) is 30.3 Å². The van der Waals surface area contributed by atoms with E-state index in [1.165, 1.54) is 0 Å². The third kappa shape index (κ3) is 1.79. The lowest BCUT2D eigenvalue weighted by atomic mass is 9.67. The number of carbonyl (C=O) groups excluding carboxylic acids is 1. The molecule has 1 aromatic carbocycles. The molecule has 2 nitrogen and oxygen atoms in total. The third-order valence-corrected chi connectivity index (χ3v) is 4.79. The maximum absolute atomic E-state index is 13.2.